The lowest BCUT2D eigenvalue weighted by molar-refractivity contribution is -0.144. The lowest BCUT2D eigenvalue weighted by Crippen LogP contribution is -2.61. The molecule has 1 amide bonds. The number of hydrogen-bond acceptors (Lipinski definition) is 7. The molecule has 6 aliphatic rings. The van der Waals surface area contributed by atoms with E-state index in [2.05, 4.69) is 10.2 Å². The molecule has 2 unspecified atom stereocenters. The summed E-state index contributed by atoms with van der Waals surface area (Å²) in [4.78, 5) is 32.9. The van der Waals surface area contributed by atoms with E-state index in [9.17, 15) is 14.7 Å². The van der Waals surface area contributed by atoms with Gasteiger partial charge in [-0.05, 0) is 81.3 Å². The van der Waals surface area contributed by atoms with Gasteiger partial charge in [0.2, 0.25) is 0 Å². The Bertz CT molecular complexity index is 997. The maximum absolute atomic E-state index is 13.7. The fourth-order valence-electron chi connectivity index (χ4n) is 7.98. The zero-order chi connectivity index (χ0) is 24.9. The van der Waals surface area contributed by atoms with Crippen molar-refractivity contribution in [3.8, 4) is 0 Å². The number of methoxy groups -OCH3 is 1. The maximum Gasteiger partial charge on any atom is 0.310 e. The molecule has 1 saturated heterocycles. The standard InChI is InChI=1S/C28H39N3O4S/c1-35-27(33)18-9-10-31(16-18)23-8-7-22(26(29-23)36-21-5-3-2-4-6-21)25(32)30-24-19-11-17-12-20(24)15-28(34,13-17)14-19/h7-8,17-21,24,34H,2-6,9-16H2,1H3,(H,30,32)/t17?,18-,19?,20?,24-,28-/m1/s1. The highest BCUT2D eigenvalue weighted by atomic mass is 32.2. The number of carbonyl (C=O) groups is 2. The molecule has 4 bridgehead atoms. The molecule has 3 atom stereocenters. The summed E-state index contributed by atoms with van der Waals surface area (Å²) >= 11 is 1.76. The average Bonchev–Trinajstić information content (AvgIpc) is 3.36. The maximum atomic E-state index is 13.7. The van der Waals surface area contributed by atoms with Gasteiger partial charge in [0.15, 0.2) is 0 Å². The van der Waals surface area contributed by atoms with Crippen LogP contribution in [0, 0.1) is 23.7 Å². The van der Waals surface area contributed by atoms with Crippen LogP contribution in [0.15, 0.2) is 17.2 Å². The Morgan fingerprint density at radius 1 is 1.11 bits per heavy atom. The number of esters is 1. The summed E-state index contributed by atoms with van der Waals surface area (Å²) in [7, 11) is 1.44. The highest BCUT2D eigenvalue weighted by Gasteiger charge is 2.55. The average molecular weight is 514 g/mol. The number of ether oxygens (including phenoxy) is 1. The summed E-state index contributed by atoms with van der Waals surface area (Å²) in [6.45, 7) is 1.37. The molecule has 2 N–H and O–H groups in total. The zero-order valence-corrected chi connectivity index (χ0v) is 22.1. The number of aromatic nitrogens is 1. The lowest BCUT2D eigenvalue weighted by atomic mass is 9.52. The molecule has 5 aliphatic carbocycles. The molecule has 6 fully saturated rings. The van der Waals surface area contributed by atoms with Crippen LogP contribution in [-0.2, 0) is 9.53 Å². The van der Waals surface area contributed by atoms with Gasteiger partial charge >= 0.3 is 5.97 Å². The van der Waals surface area contributed by atoms with Gasteiger partial charge in [-0.15, -0.1) is 11.8 Å². The van der Waals surface area contributed by atoms with E-state index in [4.69, 9.17) is 9.72 Å². The Hall–Kier alpha value is -1.80. The second-order valence-electron chi connectivity index (χ2n) is 12.0. The van der Waals surface area contributed by atoms with Gasteiger partial charge in [0.05, 0.1) is 24.2 Å². The van der Waals surface area contributed by atoms with Crippen molar-refractivity contribution in [1.29, 1.82) is 0 Å². The summed E-state index contributed by atoms with van der Waals surface area (Å²) in [5.41, 5.74) is 0.173. The quantitative estimate of drug-likeness (QED) is 0.552. The van der Waals surface area contributed by atoms with Crippen LogP contribution in [0.3, 0.4) is 0 Å². The van der Waals surface area contributed by atoms with Crippen LogP contribution in [0.5, 0.6) is 0 Å². The number of aliphatic hydroxyl groups is 1. The van der Waals surface area contributed by atoms with E-state index in [1.54, 1.807) is 11.8 Å². The van der Waals surface area contributed by atoms with Gasteiger partial charge in [0.1, 0.15) is 10.8 Å². The molecule has 7 rings (SSSR count). The first-order valence-corrected chi connectivity index (χ1v) is 14.8. The predicted octanol–water partition coefficient (Wildman–Crippen LogP) is 4.18. The highest BCUT2D eigenvalue weighted by Crippen LogP contribution is 2.55. The van der Waals surface area contributed by atoms with E-state index in [0.29, 0.717) is 35.1 Å². The monoisotopic (exact) mass is 513 g/mol. The number of carbonyl (C=O) groups excluding carboxylic acids is 2. The van der Waals surface area contributed by atoms with Crippen LogP contribution in [0.2, 0.25) is 0 Å². The Balaban J connectivity index is 1.22. The van der Waals surface area contributed by atoms with Gasteiger partial charge in [-0.3, -0.25) is 9.59 Å². The van der Waals surface area contributed by atoms with Crippen LogP contribution < -0.4 is 10.2 Å². The second kappa shape index (κ2) is 9.82. The number of hydrogen-bond donors (Lipinski definition) is 2. The van der Waals surface area contributed by atoms with Gasteiger partial charge < -0.3 is 20.1 Å². The summed E-state index contributed by atoms with van der Waals surface area (Å²) in [5, 5.41) is 15.7. The first-order chi connectivity index (χ1) is 17.4. The van der Waals surface area contributed by atoms with Crippen molar-refractivity contribution >= 4 is 29.5 Å². The number of thioether (sulfide) groups is 1. The topological polar surface area (TPSA) is 91.8 Å². The van der Waals surface area contributed by atoms with Crippen molar-refractivity contribution in [2.45, 2.75) is 92.5 Å². The normalized spacial score (nSPS) is 35.7. The number of anilines is 1. The van der Waals surface area contributed by atoms with Crippen LogP contribution in [-0.4, -0.2) is 59.1 Å². The molecule has 2 heterocycles. The number of nitrogens with one attached hydrogen (secondary N) is 1. The smallest absolute Gasteiger partial charge is 0.310 e. The zero-order valence-electron chi connectivity index (χ0n) is 21.3. The third-order valence-electron chi connectivity index (χ3n) is 9.51. The SMILES string of the molecule is COC(=O)[C@@H]1CCN(c2ccc(C(=O)N[C@H]3C4CC5CC3C[C@](O)(C5)C4)c(SC3CCCCC3)n2)C1. The highest BCUT2D eigenvalue weighted by molar-refractivity contribution is 7.99. The second-order valence-corrected chi connectivity index (χ2v) is 13.3. The summed E-state index contributed by atoms with van der Waals surface area (Å²) in [5.74, 6) is 1.91. The van der Waals surface area contributed by atoms with Gasteiger partial charge in [0.25, 0.3) is 5.91 Å². The number of rotatable bonds is 6. The molecule has 0 spiro atoms. The molecule has 196 valence electrons. The number of nitrogens with zero attached hydrogens (tertiary/aromatic N) is 2. The Morgan fingerprint density at radius 3 is 2.56 bits per heavy atom. The summed E-state index contributed by atoms with van der Waals surface area (Å²) in [6.07, 6.45) is 11.7. The minimum absolute atomic E-state index is 0.0225. The fourth-order valence-corrected chi connectivity index (χ4v) is 9.30. The molecule has 0 aromatic carbocycles. The third-order valence-corrected chi connectivity index (χ3v) is 10.8. The molecule has 1 aliphatic heterocycles. The molecular weight excluding hydrogens is 474 g/mol. The molecule has 1 aromatic rings. The number of amides is 1. The van der Waals surface area contributed by atoms with E-state index in [-0.39, 0.29) is 23.8 Å². The third kappa shape index (κ3) is 4.75. The van der Waals surface area contributed by atoms with Crippen LogP contribution >= 0.6 is 11.8 Å². The van der Waals surface area contributed by atoms with E-state index >= 15 is 0 Å². The van der Waals surface area contributed by atoms with E-state index < -0.39 is 5.60 Å². The molecule has 1 aromatic heterocycles. The molecule has 5 saturated carbocycles. The first kappa shape index (κ1) is 24.5. The van der Waals surface area contributed by atoms with Crippen LogP contribution in [0.1, 0.15) is 81.0 Å². The van der Waals surface area contributed by atoms with Gasteiger partial charge in [-0.25, -0.2) is 4.98 Å². The number of pyridine rings is 1. The van der Waals surface area contributed by atoms with E-state index in [0.717, 1.165) is 55.9 Å². The van der Waals surface area contributed by atoms with Gasteiger partial charge in [-0.2, -0.15) is 0 Å². The Labute approximate surface area is 218 Å². The van der Waals surface area contributed by atoms with E-state index in [1.807, 2.05) is 12.1 Å². The first-order valence-electron chi connectivity index (χ1n) is 13.9. The summed E-state index contributed by atoms with van der Waals surface area (Å²) < 4.78 is 4.95. The van der Waals surface area contributed by atoms with Gasteiger partial charge in [0, 0.05) is 24.4 Å². The van der Waals surface area contributed by atoms with E-state index in [1.165, 1.54) is 39.2 Å². The van der Waals surface area contributed by atoms with Crippen molar-refractivity contribution in [2.24, 2.45) is 23.7 Å². The summed E-state index contributed by atoms with van der Waals surface area (Å²) in [6, 6.07) is 4.04. The largest absolute Gasteiger partial charge is 0.469 e. The molecular formula is C28H39N3O4S. The van der Waals surface area contributed by atoms with Crippen molar-refractivity contribution in [3.63, 3.8) is 0 Å². The minimum atomic E-state index is -0.499. The minimum Gasteiger partial charge on any atom is -0.469 e. The Kier molecular flexibility index (Phi) is 6.69. The Morgan fingerprint density at radius 2 is 1.86 bits per heavy atom. The molecule has 7 nitrogen and oxygen atoms in total. The van der Waals surface area contributed by atoms with Crippen LogP contribution in [0.25, 0.3) is 0 Å². The molecule has 0 radical (unpaired) electrons. The van der Waals surface area contributed by atoms with Crippen molar-refractivity contribution in [3.05, 3.63) is 17.7 Å². The van der Waals surface area contributed by atoms with Crippen molar-refractivity contribution in [1.82, 2.24) is 10.3 Å². The van der Waals surface area contributed by atoms with Crippen molar-refractivity contribution in [2.75, 3.05) is 25.1 Å². The lowest BCUT2D eigenvalue weighted by Gasteiger charge is -2.58. The van der Waals surface area contributed by atoms with Crippen molar-refractivity contribution < 1.29 is 19.4 Å². The fraction of sp³-hybridized carbons (Fsp3) is 0.750. The van der Waals surface area contributed by atoms with Crippen LogP contribution in [0.4, 0.5) is 5.82 Å². The predicted molar refractivity (Wildman–Crippen MR) is 139 cm³/mol. The molecule has 36 heavy (non-hydrogen) atoms. The molecule has 8 heteroatoms. The van der Waals surface area contributed by atoms with Gasteiger partial charge in [-0.1, -0.05) is 19.3 Å².